The quantitative estimate of drug-likeness (QED) is 0.869. The van der Waals surface area contributed by atoms with Crippen molar-refractivity contribution in [2.45, 2.75) is 58.7 Å². The van der Waals surface area contributed by atoms with E-state index < -0.39 is 0 Å². The fourth-order valence-corrected chi connectivity index (χ4v) is 2.45. The molecule has 1 fully saturated rings. The van der Waals surface area contributed by atoms with Crippen LogP contribution in [0.25, 0.3) is 0 Å². The van der Waals surface area contributed by atoms with Crippen molar-refractivity contribution in [3.8, 4) is 0 Å². The Kier molecular flexibility index (Phi) is 5.83. The summed E-state index contributed by atoms with van der Waals surface area (Å²) in [4.78, 5) is 2.48. The lowest BCUT2D eigenvalue weighted by Crippen LogP contribution is -2.37. The molecule has 1 heterocycles. The molecule has 1 aliphatic heterocycles. The minimum atomic E-state index is 0.245. The molecule has 102 valence electrons. The van der Waals surface area contributed by atoms with Crippen molar-refractivity contribution in [1.29, 1.82) is 0 Å². The molecule has 2 N–H and O–H groups in total. The van der Waals surface area contributed by atoms with Gasteiger partial charge in [0, 0.05) is 24.7 Å². The lowest BCUT2D eigenvalue weighted by Gasteiger charge is -2.31. The summed E-state index contributed by atoms with van der Waals surface area (Å²) in [5.74, 6) is 0. The molecule has 1 aromatic rings. The summed E-state index contributed by atoms with van der Waals surface area (Å²) < 4.78 is 0. The summed E-state index contributed by atoms with van der Waals surface area (Å²) in [6.45, 7) is 10.8. The van der Waals surface area contributed by atoms with Gasteiger partial charge in [-0.3, -0.25) is 4.90 Å². The number of hydrogen-bond acceptors (Lipinski definition) is 2. The number of nitrogens with zero attached hydrogens (tertiary/aromatic N) is 1. The Morgan fingerprint density at radius 3 is 2.22 bits per heavy atom. The van der Waals surface area contributed by atoms with Crippen LogP contribution in [0.2, 0.25) is 0 Å². The molecule has 1 unspecified atom stereocenters. The van der Waals surface area contributed by atoms with Crippen LogP contribution in [0, 0.1) is 0 Å². The van der Waals surface area contributed by atoms with Crippen LogP contribution < -0.4 is 5.73 Å². The zero-order chi connectivity index (χ0) is 13.6. The first kappa shape index (κ1) is 15.2. The number of rotatable bonds is 2. The minimum Gasteiger partial charge on any atom is -0.326 e. The van der Waals surface area contributed by atoms with E-state index in [4.69, 9.17) is 5.73 Å². The molecule has 2 rings (SSSR count). The molecule has 0 bridgehead atoms. The number of hydrogen-bond donors (Lipinski definition) is 1. The molecule has 1 aromatic carbocycles. The molecule has 2 heteroatoms. The maximum absolute atomic E-state index is 6.01. The summed E-state index contributed by atoms with van der Waals surface area (Å²) in [5, 5.41) is 0. The van der Waals surface area contributed by atoms with Gasteiger partial charge in [-0.05, 0) is 25.8 Å². The minimum absolute atomic E-state index is 0.245. The zero-order valence-corrected chi connectivity index (χ0v) is 12.3. The van der Waals surface area contributed by atoms with Crippen LogP contribution in [0.15, 0.2) is 30.3 Å². The third-order valence-electron chi connectivity index (χ3n) is 3.29. The Morgan fingerprint density at radius 1 is 1.22 bits per heavy atom. The third-order valence-corrected chi connectivity index (χ3v) is 3.29. The van der Waals surface area contributed by atoms with E-state index in [0.717, 1.165) is 19.5 Å². The topological polar surface area (TPSA) is 29.3 Å². The van der Waals surface area contributed by atoms with Crippen LogP contribution in [0.4, 0.5) is 0 Å². The Hall–Kier alpha value is -0.860. The first-order valence-corrected chi connectivity index (χ1v) is 7.04. The second-order valence-electron chi connectivity index (χ2n) is 5.85. The second-order valence-corrected chi connectivity index (χ2v) is 5.85. The number of nitrogens with two attached hydrogens (primary N) is 1. The van der Waals surface area contributed by atoms with E-state index in [1.54, 1.807) is 0 Å². The summed E-state index contributed by atoms with van der Waals surface area (Å²) in [6.07, 6.45) is 2.35. The fourth-order valence-electron chi connectivity index (χ4n) is 2.45. The van der Waals surface area contributed by atoms with E-state index in [0.29, 0.717) is 6.04 Å². The molecule has 0 amide bonds. The van der Waals surface area contributed by atoms with Crippen LogP contribution in [0.3, 0.4) is 0 Å². The van der Waals surface area contributed by atoms with Gasteiger partial charge in [0.15, 0.2) is 0 Å². The summed E-state index contributed by atoms with van der Waals surface area (Å²) in [7, 11) is 0. The Bertz CT molecular complexity index is 332. The Balaban J connectivity index is 0.000000492. The standard InChI is InChI=1S/C13H20N2.C3H8/c1-13(2)8-12(14)10-15(13)9-11-6-4-3-5-7-11;1-3-2/h3-7,12H,8-10,14H2,1-2H3;3H2,1-2H3. The van der Waals surface area contributed by atoms with Crippen LogP contribution in [-0.2, 0) is 6.54 Å². The smallest absolute Gasteiger partial charge is 0.0239 e. The average Bonchev–Trinajstić information content (AvgIpc) is 2.54. The predicted octanol–water partition coefficient (Wildman–Crippen LogP) is 3.41. The SMILES string of the molecule is CC1(C)CC(N)CN1Cc1ccccc1.CCC. The fraction of sp³-hybridized carbons (Fsp3) is 0.625. The summed E-state index contributed by atoms with van der Waals surface area (Å²) in [6, 6.07) is 10.9. The molecule has 2 nitrogen and oxygen atoms in total. The first-order valence-electron chi connectivity index (χ1n) is 7.04. The summed E-state index contributed by atoms with van der Waals surface area (Å²) >= 11 is 0. The van der Waals surface area contributed by atoms with E-state index in [9.17, 15) is 0 Å². The molecule has 1 aliphatic rings. The highest BCUT2D eigenvalue weighted by atomic mass is 15.2. The molecule has 1 saturated heterocycles. The van der Waals surface area contributed by atoms with Gasteiger partial charge in [0.2, 0.25) is 0 Å². The van der Waals surface area contributed by atoms with Crippen LogP contribution >= 0.6 is 0 Å². The molecular formula is C16H28N2. The van der Waals surface area contributed by atoms with Crippen molar-refractivity contribution >= 4 is 0 Å². The van der Waals surface area contributed by atoms with Crippen molar-refractivity contribution in [2.24, 2.45) is 5.73 Å². The van der Waals surface area contributed by atoms with Gasteiger partial charge < -0.3 is 5.73 Å². The highest BCUT2D eigenvalue weighted by Crippen LogP contribution is 2.29. The van der Waals surface area contributed by atoms with E-state index >= 15 is 0 Å². The van der Waals surface area contributed by atoms with Crippen LogP contribution in [0.5, 0.6) is 0 Å². The van der Waals surface area contributed by atoms with Gasteiger partial charge in [-0.15, -0.1) is 0 Å². The maximum atomic E-state index is 6.01. The molecule has 0 saturated carbocycles. The molecule has 1 atom stereocenters. The van der Waals surface area contributed by atoms with Crippen LogP contribution in [-0.4, -0.2) is 23.0 Å². The molecule has 0 aliphatic carbocycles. The molecule has 0 radical (unpaired) electrons. The molecule has 0 aromatic heterocycles. The number of likely N-dealkylation sites (tertiary alicyclic amines) is 1. The lowest BCUT2D eigenvalue weighted by atomic mass is 10.0. The molecule has 18 heavy (non-hydrogen) atoms. The van der Waals surface area contributed by atoms with Gasteiger partial charge in [-0.25, -0.2) is 0 Å². The maximum Gasteiger partial charge on any atom is 0.0239 e. The van der Waals surface area contributed by atoms with Gasteiger partial charge in [-0.2, -0.15) is 0 Å². The Labute approximate surface area is 112 Å². The van der Waals surface area contributed by atoms with Crippen molar-refractivity contribution in [3.05, 3.63) is 35.9 Å². The van der Waals surface area contributed by atoms with Crippen molar-refractivity contribution in [1.82, 2.24) is 4.90 Å². The normalized spacial score (nSPS) is 22.4. The Morgan fingerprint density at radius 2 is 1.78 bits per heavy atom. The molecule has 0 spiro atoms. The van der Waals surface area contributed by atoms with Crippen molar-refractivity contribution in [2.75, 3.05) is 6.54 Å². The second kappa shape index (κ2) is 6.91. The largest absolute Gasteiger partial charge is 0.326 e. The first-order chi connectivity index (χ1) is 8.49. The van der Waals surface area contributed by atoms with Crippen molar-refractivity contribution < 1.29 is 0 Å². The highest BCUT2D eigenvalue weighted by molar-refractivity contribution is 5.15. The van der Waals surface area contributed by atoms with Gasteiger partial charge in [0.05, 0.1) is 0 Å². The van der Waals surface area contributed by atoms with E-state index in [-0.39, 0.29) is 5.54 Å². The highest BCUT2D eigenvalue weighted by Gasteiger charge is 2.36. The number of benzene rings is 1. The lowest BCUT2D eigenvalue weighted by molar-refractivity contribution is 0.166. The van der Waals surface area contributed by atoms with Gasteiger partial charge in [-0.1, -0.05) is 50.6 Å². The van der Waals surface area contributed by atoms with Gasteiger partial charge >= 0.3 is 0 Å². The average molecular weight is 248 g/mol. The molecular weight excluding hydrogens is 220 g/mol. The van der Waals surface area contributed by atoms with E-state index in [1.165, 1.54) is 12.0 Å². The van der Waals surface area contributed by atoms with Gasteiger partial charge in [0.25, 0.3) is 0 Å². The van der Waals surface area contributed by atoms with Gasteiger partial charge in [0.1, 0.15) is 0 Å². The third kappa shape index (κ3) is 4.43. The summed E-state index contributed by atoms with van der Waals surface area (Å²) in [5.41, 5.74) is 7.63. The van der Waals surface area contributed by atoms with Crippen LogP contribution in [0.1, 0.15) is 46.1 Å². The van der Waals surface area contributed by atoms with Crippen molar-refractivity contribution in [3.63, 3.8) is 0 Å². The monoisotopic (exact) mass is 248 g/mol. The zero-order valence-electron chi connectivity index (χ0n) is 12.3. The predicted molar refractivity (Wildman–Crippen MR) is 79.5 cm³/mol. The van der Waals surface area contributed by atoms with E-state index in [2.05, 4.69) is 62.9 Å². The van der Waals surface area contributed by atoms with E-state index in [1.807, 2.05) is 0 Å².